The van der Waals surface area contributed by atoms with Gasteiger partial charge in [-0.15, -0.1) is 0 Å². The van der Waals surface area contributed by atoms with Crippen LogP contribution in [0.2, 0.25) is 0 Å². The molecule has 8 heteroatoms. The van der Waals surface area contributed by atoms with Gasteiger partial charge in [0.2, 0.25) is 6.79 Å². The lowest BCUT2D eigenvalue weighted by atomic mass is 10.2. The van der Waals surface area contributed by atoms with Crippen LogP contribution in [0.25, 0.3) is 11.1 Å². The number of nitrogens with zero attached hydrogens (tertiary/aromatic N) is 1. The third-order valence-electron chi connectivity index (χ3n) is 4.13. The van der Waals surface area contributed by atoms with Crippen LogP contribution < -0.4 is 14.8 Å². The number of amides is 1. The first-order chi connectivity index (χ1) is 12.6. The van der Waals surface area contributed by atoms with Crippen molar-refractivity contribution >= 4 is 23.0 Å². The van der Waals surface area contributed by atoms with E-state index in [2.05, 4.69) is 5.32 Å². The molecule has 0 bridgehead atoms. The van der Waals surface area contributed by atoms with Crippen LogP contribution in [0.3, 0.4) is 0 Å². The molecule has 0 saturated heterocycles. The highest BCUT2D eigenvalue weighted by Gasteiger charge is 2.18. The average molecular weight is 356 g/mol. The Morgan fingerprint density at radius 3 is 2.88 bits per heavy atom. The van der Waals surface area contributed by atoms with Crippen molar-refractivity contribution in [3.8, 4) is 11.5 Å². The maximum absolute atomic E-state index is 12.1. The predicted molar refractivity (Wildman–Crippen MR) is 89.9 cm³/mol. The molecule has 1 N–H and O–H groups in total. The van der Waals surface area contributed by atoms with Crippen molar-refractivity contribution in [3.63, 3.8) is 0 Å². The number of aryl methyl sites for hydroxylation is 1. The van der Waals surface area contributed by atoms with Gasteiger partial charge in [0.15, 0.2) is 23.7 Å². The SMILES string of the molecule is Cn1c(C(=O)OCC(=O)NCc2ccc3c(c2)OCO3)cc2occc21. The molecule has 1 aliphatic rings. The number of hydrogen-bond acceptors (Lipinski definition) is 6. The number of nitrogens with one attached hydrogen (secondary N) is 1. The Morgan fingerprint density at radius 1 is 1.19 bits per heavy atom. The molecule has 0 radical (unpaired) electrons. The predicted octanol–water partition coefficient (Wildman–Crippen LogP) is 1.97. The van der Waals surface area contributed by atoms with Crippen LogP contribution in [0, 0.1) is 0 Å². The number of rotatable bonds is 5. The Morgan fingerprint density at radius 2 is 2.04 bits per heavy atom. The summed E-state index contributed by atoms with van der Waals surface area (Å²) in [5.74, 6) is 0.351. The van der Waals surface area contributed by atoms with Crippen molar-refractivity contribution in [2.24, 2.45) is 7.05 Å². The van der Waals surface area contributed by atoms with Crippen LogP contribution in [0.1, 0.15) is 16.1 Å². The van der Waals surface area contributed by atoms with E-state index in [1.165, 1.54) is 0 Å². The average Bonchev–Trinajstić information content (AvgIpc) is 3.35. The van der Waals surface area contributed by atoms with Crippen molar-refractivity contribution < 1.29 is 28.2 Å². The quantitative estimate of drug-likeness (QED) is 0.703. The first-order valence-corrected chi connectivity index (χ1v) is 7.97. The molecule has 4 rings (SSSR count). The van der Waals surface area contributed by atoms with E-state index in [0.29, 0.717) is 29.3 Å². The maximum atomic E-state index is 12.1. The highest BCUT2D eigenvalue weighted by molar-refractivity contribution is 5.95. The summed E-state index contributed by atoms with van der Waals surface area (Å²) in [5.41, 5.74) is 2.55. The number of esters is 1. The molecule has 0 saturated carbocycles. The number of ether oxygens (including phenoxy) is 3. The van der Waals surface area contributed by atoms with Gasteiger partial charge in [0, 0.05) is 25.7 Å². The second-order valence-corrected chi connectivity index (χ2v) is 5.80. The lowest BCUT2D eigenvalue weighted by molar-refractivity contribution is -0.124. The molecule has 8 nitrogen and oxygen atoms in total. The third-order valence-corrected chi connectivity index (χ3v) is 4.13. The van der Waals surface area contributed by atoms with Crippen LogP contribution in [0.5, 0.6) is 11.5 Å². The molecule has 0 unspecified atom stereocenters. The fraction of sp³-hybridized carbons (Fsp3) is 0.222. The van der Waals surface area contributed by atoms with Crippen molar-refractivity contribution in [1.82, 2.24) is 9.88 Å². The summed E-state index contributed by atoms with van der Waals surface area (Å²) in [6.07, 6.45) is 1.54. The second-order valence-electron chi connectivity index (χ2n) is 5.80. The minimum atomic E-state index is -0.586. The van der Waals surface area contributed by atoms with E-state index in [4.69, 9.17) is 18.6 Å². The maximum Gasteiger partial charge on any atom is 0.355 e. The molecule has 3 aromatic rings. The normalized spacial score (nSPS) is 12.3. The molecule has 2 aromatic heterocycles. The van der Waals surface area contributed by atoms with Gasteiger partial charge in [-0.1, -0.05) is 6.07 Å². The lowest BCUT2D eigenvalue weighted by Crippen LogP contribution is -2.28. The van der Waals surface area contributed by atoms with Gasteiger partial charge in [-0.3, -0.25) is 4.79 Å². The van der Waals surface area contributed by atoms with Gasteiger partial charge in [0.05, 0.1) is 11.8 Å². The zero-order valence-electron chi connectivity index (χ0n) is 14.0. The molecule has 0 atom stereocenters. The molecular weight excluding hydrogens is 340 g/mol. The fourth-order valence-corrected chi connectivity index (χ4v) is 2.75. The van der Waals surface area contributed by atoms with E-state index in [0.717, 1.165) is 11.1 Å². The van der Waals surface area contributed by atoms with E-state index in [-0.39, 0.29) is 13.4 Å². The van der Waals surface area contributed by atoms with Crippen LogP contribution >= 0.6 is 0 Å². The summed E-state index contributed by atoms with van der Waals surface area (Å²) in [5, 5.41) is 2.70. The van der Waals surface area contributed by atoms with Crippen molar-refractivity contribution in [1.29, 1.82) is 0 Å². The van der Waals surface area contributed by atoms with E-state index >= 15 is 0 Å². The topological polar surface area (TPSA) is 91.9 Å². The van der Waals surface area contributed by atoms with Gasteiger partial charge < -0.3 is 28.5 Å². The van der Waals surface area contributed by atoms with Gasteiger partial charge in [0.1, 0.15) is 5.69 Å². The molecule has 1 aliphatic heterocycles. The van der Waals surface area contributed by atoms with E-state index in [1.54, 1.807) is 42.1 Å². The van der Waals surface area contributed by atoms with Crippen LogP contribution in [0.4, 0.5) is 0 Å². The number of aromatic nitrogens is 1. The Balaban J connectivity index is 1.30. The number of furan rings is 1. The minimum Gasteiger partial charge on any atom is -0.463 e. The smallest absolute Gasteiger partial charge is 0.355 e. The largest absolute Gasteiger partial charge is 0.463 e. The van der Waals surface area contributed by atoms with Crippen LogP contribution in [0.15, 0.2) is 41.0 Å². The summed E-state index contributed by atoms with van der Waals surface area (Å²) in [6.45, 7) is 0.130. The summed E-state index contributed by atoms with van der Waals surface area (Å²) in [4.78, 5) is 24.1. The second kappa shape index (κ2) is 6.47. The molecular formula is C18H16N2O6. The highest BCUT2D eigenvalue weighted by Crippen LogP contribution is 2.32. The molecule has 0 spiro atoms. The zero-order chi connectivity index (χ0) is 18.1. The van der Waals surface area contributed by atoms with E-state index in [9.17, 15) is 9.59 Å². The van der Waals surface area contributed by atoms with Gasteiger partial charge in [-0.25, -0.2) is 4.79 Å². The minimum absolute atomic E-state index is 0.199. The zero-order valence-corrected chi connectivity index (χ0v) is 14.0. The van der Waals surface area contributed by atoms with Gasteiger partial charge >= 0.3 is 5.97 Å². The summed E-state index contributed by atoms with van der Waals surface area (Å²) in [7, 11) is 1.73. The lowest BCUT2D eigenvalue weighted by Gasteiger charge is -2.08. The van der Waals surface area contributed by atoms with Gasteiger partial charge in [-0.2, -0.15) is 0 Å². The Kier molecular flexibility index (Phi) is 4.00. The highest BCUT2D eigenvalue weighted by atomic mass is 16.7. The molecule has 1 amide bonds. The number of carbonyl (C=O) groups excluding carboxylic acids is 2. The summed E-state index contributed by atoms with van der Waals surface area (Å²) in [6, 6.07) is 8.76. The van der Waals surface area contributed by atoms with E-state index < -0.39 is 11.9 Å². The number of hydrogen-bond donors (Lipinski definition) is 1. The number of carbonyl (C=O) groups is 2. The standard InChI is InChI=1S/C18H16N2O6/c1-20-12-4-5-23-15(12)7-13(20)18(22)24-9-17(21)19-8-11-2-3-14-16(6-11)26-10-25-14/h2-7H,8-10H2,1H3,(H,19,21). The molecule has 134 valence electrons. The van der Waals surface area contributed by atoms with Crippen molar-refractivity contribution in [2.75, 3.05) is 13.4 Å². The van der Waals surface area contributed by atoms with Crippen LogP contribution in [-0.4, -0.2) is 29.8 Å². The fourth-order valence-electron chi connectivity index (χ4n) is 2.75. The van der Waals surface area contributed by atoms with Gasteiger partial charge in [-0.05, 0) is 17.7 Å². The summed E-state index contributed by atoms with van der Waals surface area (Å²) >= 11 is 0. The Hall–Kier alpha value is -3.42. The molecule has 1 aromatic carbocycles. The third kappa shape index (κ3) is 2.97. The molecule has 0 fully saturated rings. The van der Waals surface area contributed by atoms with Crippen molar-refractivity contribution in [2.45, 2.75) is 6.54 Å². The number of benzene rings is 1. The van der Waals surface area contributed by atoms with Crippen LogP contribution in [-0.2, 0) is 23.1 Å². The van der Waals surface area contributed by atoms with E-state index in [1.807, 2.05) is 6.07 Å². The monoisotopic (exact) mass is 356 g/mol. The molecule has 0 aliphatic carbocycles. The Labute approximate surface area is 148 Å². The van der Waals surface area contributed by atoms with Crippen molar-refractivity contribution in [3.05, 3.63) is 47.9 Å². The molecule has 3 heterocycles. The Bertz CT molecular complexity index is 987. The summed E-state index contributed by atoms with van der Waals surface area (Å²) < 4.78 is 22.5. The first-order valence-electron chi connectivity index (χ1n) is 7.97. The van der Waals surface area contributed by atoms with Gasteiger partial charge in [0.25, 0.3) is 5.91 Å². The first kappa shape index (κ1) is 16.1. The number of fused-ring (bicyclic) bond motifs is 2. The molecule has 26 heavy (non-hydrogen) atoms.